The van der Waals surface area contributed by atoms with Crippen LogP contribution in [0.1, 0.15) is 22.8 Å². The number of carbonyl (C=O) groups is 1. The van der Waals surface area contributed by atoms with E-state index in [0.29, 0.717) is 29.4 Å². The summed E-state index contributed by atoms with van der Waals surface area (Å²) in [7, 11) is 1.47. The van der Waals surface area contributed by atoms with Crippen molar-refractivity contribution in [3.05, 3.63) is 51.1 Å². The molecule has 0 spiro atoms. The van der Waals surface area contributed by atoms with Crippen molar-refractivity contribution in [1.29, 1.82) is 5.26 Å². The zero-order valence-corrected chi connectivity index (χ0v) is 14.9. The molecule has 0 aliphatic heterocycles. The number of methoxy groups -OCH3 is 1. The van der Waals surface area contributed by atoms with Gasteiger partial charge < -0.3 is 14.8 Å². The molecule has 0 aliphatic rings. The smallest absolute Gasteiger partial charge is 0.259 e. The number of nitrogens with zero attached hydrogens (tertiary/aromatic N) is 1. The average Bonchev–Trinajstić information content (AvgIpc) is 2.55. The van der Waals surface area contributed by atoms with E-state index in [1.165, 1.54) is 13.2 Å². The van der Waals surface area contributed by atoms with E-state index in [1.807, 2.05) is 31.2 Å². The highest BCUT2D eigenvalue weighted by atomic mass is 127. The van der Waals surface area contributed by atoms with E-state index in [0.717, 1.165) is 3.57 Å². The zero-order valence-electron chi connectivity index (χ0n) is 12.7. The number of amides is 1. The molecule has 1 N–H and O–H groups in total. The maximum atomic E-state index is 12.6. The van der Waals surface area contributed by atoms with Crippen LogP contribution in [0.15, 0.2) is 36.4 Å². The minimum absolute atomic E-state index is 0.265. The number of rotatable bonds is 5. The number of carbonyl (C=O) groups excluding carboxylic acids is 1. The summed E-state index contributed by atoms with van der Waals surface area (Å²) in [5, 5.41) is 11.9. The van der Waals surface area contributed by atoms with Crippen molar-refractivity contribution in [2.75, 3.05) is 19.0 Å². The van der Waals surface area contributed by atoms with E-state index < -0.39 is 0 Å². The third kappa shape index (κ3) is 4.13. The highest BCUT2D eigenvalue weighted by molar-refractivity contribution is 14.1. The van der Waals surface area contributed by atoms with Gasteiger partial charge in [0.2, 0.25) is 0 Å². The molecule has 2 aromatic rings. The number of halogens is 1. The Kier molecular flexibility index (Phi) is 5.82. The molecule has 0 aliphatic carbocycles. The van der Waals surface area contributed by atoms with Crippen molar-refractivity contribution in [3.8, 4) is 17.6 Å². The van der Waals surface area contributed by atoms with Crippen molar-refractivity contribution < 1.29 is 14.3 Å². The van der Waals surface area contributed by atoms with E-state index in [4.69, 9.17) is 14.7 Å². The summed E-state index contributed by atoms with van der Waals surface area (Å²) >= 11 is 2.17. The van der Waals surface area contributed by atoms with Crippen molar-refractivity contribution >= 4 is 34.2 Å². The third-order valence-corrected chi connectivity index (χ3v) is 3.69. The van der Waals surface area contributed by atoms with Gasteiger partial charge in [-0.15, -0.1) is 0 Å². The minimum Gasteiger partial charge on any atom is -0.493 e. The lowest BCUT2D eigenvalue weighted by atomic mass is 10.1. The molecule has 0 bridgehead atoms. The molecular weight excluding hydrogens is 407 g/mol. The van der Waals surface area contributed by atoms with E-state index in [2.05, 4.69) is 27.9 Å². The van der Waals surface area contributed by atoms with Crippen molar-refractivity contribution in [1.82, 2.24) is 0 Å². The van der Waals surface area contributed by atoms with Crippen LogP contribution in [0.4, 0.5) is 5.69 Å². The molecule has 0 atom stereocenters. The molecule has 23 heavy (non-hydrogen) atoms. The summed E-state index contributed by atoms with van der Waals surface area (Å²) in [6.07, 6.45) is 0. The van der Waals surface area contributed by atoms with Gasteiger partial charge in [-0.3, -0.25) is 4.79 Å². The average molecular weight is 422 g/mol. The second kappa shape index (κ2) is 7.83. The van der Waals surface area contributed by atoms with Gasteiger partial charge in [0.25, 0.3) is 5.91 Å². The number of benzene rings is 2. The number of hydrogen-bond donors (Lipinski definition) is 1. The van der Waals surface area contributed by atoms with Gasteiger partial charge in [-0.1, -0.05) is 6.07 Å². The van der Waals surface area contributed by atoms with Crippen molar-refractivity contribution in [3.63, 3.8) is 0 Å². The first-order valence-corrected chi connectivity index (χ1v) is 7.98. The molecule has 1 amide bonds. The highest BCUT2D eigenvalue weighted by Crippen LogP contribution is 2.33. The topological polar surface area (TPSA) is 71.3 Å². The van der Waals surface area contributed by atoms with Gasteiger partial charge in [0.1, 0.15) is 0 Å². The van der Waals surface area contributed by atoms with Crippen LogP contribution in [0.2, 0.25) is 0 Å². The van der Waals surface area contributed by atoms with Gasteiger partial charge in [0.15, 0.2) is 11.5 Å². The van der Waals surface area contributed by atoms with Crippen LogP contribution in [0, 0.1) is 14.9 Å². The first-order chi connectivity index (χ1) is 11.1. The molecule has 5 nitrogen and oxygen atoms in total. The molecule has 0 radical (unpaired) electrons. The Morgan fingerprint density at radius 3 is 2.74 bits per heavy atom. The number of ether oxygens (including phenoxy) is 2. The van der Waals surface area contributed by atoms with Crippen molar-refractivity contribution in [2.45, 2.75) is 6.92 Å². The maximum Gasteiger partial charge on any atom is 0.259 e. The van der Waals surface area contributed by atoms with Crippen molar-refractivity contribution in [2.24, 2.45) is 0 Å². The van der Waals surface area contributed by atoms with Gasteiger partial charge in [0, 0.05) is 15.3 Å². The number of hydrogen-bond acceptors (Lipinski definition) is 4. The number of anilines is 1. The molecule has 0 unspecified atom stereocenters. The molecule has 0 saturated carbocycles. The van der Waals surface area contributed by atoms with Gasteiger partial charge in [0.05, 0.1) is 30.9 Å². The molecule has 6 heteroatoms. The normalized spacial score (nSPS) is 9.83. The molecule has 118 valence electrons. The van der Waals surface area contributed by atoms with E-state index >= 15 is 0 Å². The Morgan fingerprint density at radius 2 is 2.13 bits per heavy atom. The molecule has 0 aromatic heterocycles. The fourth-order valence-electron chi connectivity index (χ4n) is 2.04. The predicted octanol–water partition coefficient (Wildman–Crippen LogP) is 3.82. The molecule has 2 rings (SSSR count). The first-order valence-electron chi connectivity index (χ1n) is 6.91. The predicted molar refractivity (Wildman–Crippen MR) is 96.0 cm³/mol. The largest absolute Gasteiger partial charge is 0.493 e. The second-order valence-corrected chi connectivity index (χ2v) is 5.81. The van der Waals surface area contributed by atoms with Crippen LogP contribution in [0.5, 0.6) is 11.5 Å². The summed E-state index contributed by atoms with van der Waals surface area (Å²) in [5.41, 5.74) is 1.27. The lowest BCUT2D eigenvalue weighted by Crippen LogP contribution is -2.14. The molecule has 2 aromatic carbocycles. The fourth-order valence-corrected chi connectivity index (χ4v) is 2.59. The van der Waals surface area contributed by atoms with Crippen LogP contribution < -0.4 is 14.8 Å². The van der Waals surface area contributed by atoms with Crippen LogP contribution in [0.3, 0.4) is 0 Å². The summed E-state index contributed by atoms with van der Waals surface area (Å²) in [6.45, 7) is 2.20. The van der Waals surface area contributed by atoms with E-state index in [9.17, 15) is 4.79 Å². The van der Waals surface area contributed by atoms with Gasteiger partial charge >= 0.3 is 0 Å². The molecule has 0 fully saturated rings. The second-order valence-electron chi connectivity index (χ2n) is 4.56. The fraction of sp³-hybridized carbons (Fsp3) is 0.176. The first kappa shape index (κ1) is 17.1. The quantitative estimate of drug-likeness (QED) is 0.744. The summed E-state index contributed by atoms with van der Waals surface area (Å²) in [4.78, 5) is 12.6. The van der Waals surface area contributed by atoms with E-state index in [1.54, 1.807) is 12.1 Å². The SMILES string of the molecule is CCOc1c(OC)cc(C#N)cc1C(=O)Nc1cccc(I)c1. The lowest BCUT2D eigenvalue weighted by Gasteiger charge is -2.15. The van der Waals surface area contributed by atoms with E-state index in [-0.39, 0.29) is 11.5 Å². The standard InChI is InChI=1S/C17H15IN2O3/c1-3-23-16-14(7-11(10-19)8-15(16)22-2)17(21)20-13-6-4-5-12(18)9-13/h4-9H,3H2,1-2H3,(H,20,21). The minimum atomic E-state index is -0.356. The molecule has 0 saturated heterocycles. The summed E-state index contributed by atoms with van der Waals surface area (Å²) in [6, 6.07) is 12.5. The lowest BCUT2D eigenvalue weighted by molar-refractivity contribution is 0.102. The van der Waals surface area contributed by atoms with Gasteiger partial charge in [-0.05, 0) is 53.8 Å². The summed E-state index contributed by atoms with van der Waals surface area (Å²) < 4.78 is 11.8. The van der Waals surface area contributed by atoms with Crippen LogP contribution in [0.25, 0.3) is 0 Å². The molecular formula is C17H15IN2O3. The summed E-state index contributed by atoms with van der Waals surface area (Å²) in [5.74, 6) is 0.335. The van der Waals surface area contributed by atoms with Crippen LogP contribution >= 0.6 is 22.6 Å². The zero-order chi connectivity index (χ0) is 16.8. The highest BCUT2D eigenvalue weighted by Gasteiger charge is 2.19. The van der Waals surface area contributed by atoms with Crippen LogP contribution in [-0.4, -0.2) is 19.6 Å². The molecule has 0 heterocycles. The van der Waals surface area contributed by atoms with Gasteiger partial charge in [-0.25, -0.2) is 0 Å². The Morgan fingerprint density at radius 1 is 1.35 bits per heavy atom. The third-order valence-electron chi connectivity index (χ3n) is 3.02. The Bertz CT molecular complexity index is 769. The monoisotopic (exact) mass is 422 g/mol. The van der Waals surface area contributed by atoms with Crippen LogP contribution in [-0.2, 0) is 0 Å². The maximum absolute atomic E-state index is 12.6. The number of nitrogens with one attached hydrogen (secondary N) is 1. The van der Waals surface area contributed by atoms with Gasteiger partial charge in [-0.2, -0.15) is 5.26 Å². The Labute approximate surface area is 148 Å². The number of nitriles is 1. The Hall–Kier alpha value is -2.27. The Balaban J connectivity index is 2.43.